The van der Waals surface area contributed by atoms with Gasteiger partial charge in [-0.1, -0.05) is 35.6 Å². The number of fused-ring (bicyclic) bond motifs is 1. The third-order valence-electron chi connectivity index (χ3n) is 8.83. The number of imidazole rings is 1. The van der Waals surface area contributed by atoms with E-state index in [-0.39, 0.29) is 30.1 Å². The molecule has 1 aliphatic carbocycles. The highest BCUT2D eigenvalue weighted by molar-refractivity contribution is 6.30. The van der Waals surface area contributed by atoms with Gasteiger partial charge in [0.1, 0.15) is 35.7 Å². The van der Waals surface area contributed by atoms with Gasteiger partial charge in [0, 0.05) is 24.7 Å². The molecule has 11 heteroatoms. The average molecular weight is 648 g/mol. The molecular formula is C35H32ClF2N3O5. The molecule has 2 unspecified atom stereocenters. The molecule has 2 fully saturated rings. The monoisotopic (exact) mass is 647 g/mol. The van der Waals surface area contributed by atoms with Crippen molar-refractivity contribution in [3.63, 3.8) is 0 Å². The average Bonchev–Trinajstić information content (AvgIpc) is 3.32. The highest BCUT2D eigenvalue weighted by atomic mass is 35.5. The van der Waals surface area contributed by atoms with Gasteiger partial charge in [-0.3, -0.25) is 9.69 Å². The molecule has 0 bridgehead atoms. The molecule has 4 aromatic rings. The van der Waals surface area contributed by atoms with Crippen LogP contribution < -0.4 is 9.47 Å². The van der Waals surface area contributed by atoms with E-state index >= 15 is 4.39 Å². The molecule has 8 nitrogen and oxygen atoms in total. The predicted octanol–water partition coefficient (Wildman–Crippen LogP) is 6.18. The van der Waals surface area contributed by atoms with Crippen molar-refractivity contribution in [2.24, 2.45) is 5.92 Å². The van der Waals surface area contributed by atoms with Crippen LogP contribution in [0.2, 0.25) is 5.02 Å². The summed E-state index contributed by atoms with van der Waals surface area (Å²) < 4.78 is 49.2. The van der Waals surface area contributed by atoms with E-state index in [0.717, 1.165) is 49.5 Å². The standard InChI is InChI=1S/C35H32ClF2N3O5/c36-23-4-7-32(29(37)17-23)45-20-21-2-1-3-25(14-21)46-24-8-11-40(12-9-24)19-33-39-34-30(38)15-22(27-5-6-28(27)35(42)43)16-31(34)41(33)18-26-10-13-44-26/h1-4,7,14-17,24,26-28H,8-13,18-20H2,(H,42,43)/t26-,27?,28?/m0/s1. The third-order valence-corrected chi connectivity index (χ3v) is 9.07. The van der Waals surface area contributed by atoms with Crippen molar-refractivity contribution < 1.29 is 32.9 Å². The topological polar surface area (TPSA) is 86.0 Å². The lowest BCUT2D eigenvalue weighted by molar-refractivity contribution is -0.140. The highest BCUT2D eigenvalue weighted by Crippen LogP contribution is 2.34. The van der Waals surface area contributed by atoms with Crippen LogP contribution in [-0.2, 0) is 29.2 Å². The number of carbonyl (C=O) groups is 1. The van der Waals surface area contributed by atoms with Gasteiger partial charge in [-0.25, -0.2) is 13.8 Å². The zero-order chi connectivity index (χ0) is 31.8. The number of aromatic nitrogens is 2. The smallest absolute Gasteiger partial charge is 0.320 e. The zero-order valence-electron chi connectivity index (χ0n) is 24.9. The Morgan fingerprint density at radius 3 is 2.59 bits per heavy atom. The largest absolute Gasteiger partial charge is 0.490 e. The molecule has 3 aromatic carbocycles. The van der Waals surface area contributed by atoms with Gasteiger partial charge in [-0.05, 0) is 72.9 Å². The molecule has 2 saturated heterocycles. The quantitative estimate of drug-likeness (QED) is 0.195. The minimum atomic E-state index is -0.999. The van der Waals surface area contributed by atoms with Gasteiger partial charge in [0.25, 0.3) is 0 Å². The van der Waals surface area contributed by atoms with Crippen molar-refractivity contribution in [1.29, 1.82) is 0 Å². The lowest BCUT2D eigenvalue weighted by Crippen LogP contribution is -2.39. The molecule has 238 valence electrons. The first-order valence-corrected chi connectivity index (χ1v) is 15.8. The van der Waals surface area contributed by atoms with Crippen LogP contribution >= 0.6 is 11.6 Å². The SMILES string of the molecule is O=C(O)C1C#CC1c1cc(F)c2nc(CN3CCC(Oc4cccc(COc5ccc(Cl)cc5F)c4)CC3)n(C[C@@H]3CCO3)c2c1. The Labute approximate surface area is 269 Å². The Hall–Kier alpha value is -4.17. The fourth-order valence-electron chi connectivity index (χ4n) is 6.16. The number of carboxylic acid groups (broad SMARTS) is 1. The molecule has 2 aliphatic heterocycles. The van der Waals surface area contributed by atoms with E-state index in [4.69, 9.17) is 30.8 Å². The first kappa shape index (κ1) is 30.5. The molecule has 1 aromatic heterocycles. The molecule has 0 amide bonds. The molecule has 3 atom stereocenters. The van der Waals surface area contributed by atoms with Crippen molar-refractivity contribution in [1.82, 2.24) is 14.5 Å². The van der Waals surface area contributed by atoms with Gasteiger partial charge in [-0.15, -0.1) is 0 Å². The van der Waals surface area contributed by atoms with Gasteiger partial charge < -0.3 is 23.9 Å². The Morgan fingerprint density at radius 2 is 1.89 bits per heavy atom. The summed E-state index contributed by atoms with van der Waals surface area (Å²) in [5.41, 5.74) is 2.33. The van der Waals surface area contributed by atoms with Crippen molar-refractivity contribution in [2.75, 3.05) is 19.7 Å². The molecule has 3 aliphatic rings. The fourth-order valence-corrected chi connectivity index (χ4v) is 6.31. The number of ether oxygens (including phenoxy) is 3. The third kappa shape index (κ3) is 6.41. The summed E-state index contributed by atoms with van der Waals surface area (Å²) in [4.78, 5) is 18.6. The van der Waals surface area contributed by atoms with Crippen LogP contribution in [0.4, 0.5) is 8.78 Å². The molecule has 3 heterocycles. The summed E-state index contributed by atoms with van der Waals surface area (Å²) in [6, 6.07) is 15.1. The van der Waals surface area contributed by atoms with E-state index in [1.165, 1.54) is 18.2 Å². The number of rotatable bonds is 11. The normalized spacial score (nSPS) is 21.2. The van der Waals surface area contributed by atoms with Crippen LogP contribution in [0.3, 0.4) is 0 Å². The van der Waals surface area contributed by atoms with E-state index in [2.05, 4.69) is 16.7 Å². The second-order valence-electron chi connectivity index (χ2n) is 12.0. The number of hydrogen-bond acceptors (Lipinski definition) is 6. The number of benzene rings is 3. The minimum Gasteiger partial charge on any atom is -0.490 e. The van der Waals surface area contributed by atoms with Crippen LogP contribution in [0.1, 0.15) is 42.1 Å². The molecule has 0 spiro atoms. The Bertz CT molecular complexity index is 1840. The Balaban J connectivity index is 1.00. The summed E-state index contributed by atoms with van der Waals surface area (Å²) in [6.45, 7) is 3.54. The molecular weight excluding hydrogens is 616 g/mol. The number of carboxylic acids is 1. The fraction of sp³-hybridized carbons (Fsp3) is 0.371. The van der Waals surface area contributed by atoms with Crippen molar-refractivity contribution in [3.05, 3.63) is 88.2 Å². The second-order valence-corrected chi connectivity index (χ2v) is 12.4. The molecule has 0 radical (unpaired) electrons. The van der Waals surface area contributed by atoms with E-state index in [1.54, 1.807) is 6.07 Å². The highest BCUT2D eigenvalue weighted by Gasteiger charge is 2.34. The van der Waals surface area contributed by atoms with Crippen LogP contribution in [0.5, 0.6) is 11.5 Å². The van der Waals surface area contributed by atoms with Crippen LogP contribution in [0, 0.1) is 29.4 Å². The maximum absolute atomic E-state index is 15.4. The van der Waals surface area contributed by atoms with Gasteiger partial charge in [-0.2, -0.15) is 0 Å². The summed E-state index contributed by atoms with van der Waals surface area (Å²) in [5.74, 6) is 3.82. The predicted molar refractivity (Wildman–Crippen MR) is 167 cm³/mol. The summed E-state index contributed by atoms with van der Waals surface area (Å²) in [7, 11) is 0. The maximum Gasteiger partial charge on any atom is 0.320 e. The van der Waals surface area contributed by atoms with E-state index < -0.39 is 29.4 Å². The molecule has 0 saturated carbocycles. The number of halogens is 3. The zero-order valence-corrected chi connectivity index (χ0v) is 25.7. The number of hydrogen-bond donors (Lipinski definition) is 1. The van der Waals surface area contributed by atoms with E-state index in [9.17, 15) is 14.3 Å². The summed E-state index contributed by atoms with van der Waals surface area (Å²) in [6.07, 6.45) is 2.58. The van der Waals surface area contributed by atoms with Gasteiger partial charge in [0.2, 0.25) is 0 Å². The minimum absolute atomic E-state index is 0.0223. The van der Waals surface area contributed by atoms with Crippen molar-refractivity contribution >= 4 is 28.6 Å². The number of nitrogens with zero attached hydrogens (tertiary/aromatic N) is 3. The van der Waals surface area contributed by atoms with E-state index in [1.807, 2.05) is 34.9 Å². The Kier molecular flexibility index (Phi) is 8.56. The van der Waals surface area contributed by atoms with E-state index in [0.29, 0.717) is 35.8 Å². The first-order valence-electron chi connectivity index (χ1n) is 15.4. The Morgan fingerprint density at radius 1 is 1.07 bits per heavy atom. The molecule has 7 rings (SSSR count). The van der Waals surface area contributed by atoms with Crippen LogP contribution in [-0.4, -0.2) is 57.4 Å². The number of piperidine rings is 1. The lowest BCUT2D eigenvalue weighted by Gasteiger charge is -2.32. The molecule has 1 N–H and O–H groups in total. The number of likely N-dealkylation sites (tertiary alicyclic amines) is 1. The molecule has 46 heavy (non-hydrogen) atoms. The first-order chi connectivity index (χ1) is 22.3. The van der Waals surface area contributed by atoms with Gasteiger partial charge in [0.05, 0.1) is 30.6 Å². The van der Waals surface area contributed by atoms with Gasteiger partial charge >= 0.3 is 5.97 Å². The van der Waals surface area contributed by atoms with Crippen LogP contribution in [0.15, 0.2) is 54.6 Å². The number of aliphatic carboxylic acids is 1. The maximum atomic E-state index is 15.4. The van der Waals surface area contributed by atoms with Crippen LogP contribution in [0.25, 0.3) is 11.0 Å². The lowest BCUT2D eigenvalue weighted by atomic mass is 9.80. The van der Waals surface area contributed by atoms with Crippen molar-refractivity contribution in [3.8, 4) is 23.3 Å². The van der Waals surface area contributed by atoms with Crippen molar-refractivity contribution in [2.45, 2.75) is 57.1 Å². The summed E-state index contributed by atoms with van der Waals surface area (Å²) >= 11 is 5.83. The second kappa shape index (κ2) is 12.9. The summed E-state index contributed by atoms with van der Waals surface area (Å²) in [5, 5.41) is 9.79. The van der Waals surface area contributed by atoms with Gasteiger partial charge in [0.15, 0.2) is 17.4 Å².